The second-order valence-corrected chi connectivity index (χ2v) is 9.38. The Balaban J connectivity index is 1.56. The van der Waals surface area contributed by atoms with Crippen LogP contribution in [0, 0.1) is 5.92 Å². The number of fused-ring (bicyclic) bond motifs is 1. The molecule has 0 radical (unpaired) electrons. The molecule has 1 saturated carbocycles. The maximum absolute atomic E-state index is 13.0. The average Bonchev–Trinajstić information content (AvgIpc) is 3.71. The second-order valence-electron chi connectivity index (χ2n) is 9.38. The number of aromatic nitrogens is 1. The van der Waals surface area contributed by atoms with Crippen molar-refractivity contribution in [3.8, 4) is 0 Å². The van der Waals surface area contributed by atoms with E-state index in [-0.39, 0.29) is 5.97 Å². The number of methoxy groups -OCH3 is 1. The van der Waals surface area contributed by atoms with E-state index >= 15 is 0 Å². The van der Waals surface area contributed by atoms with E-state index in [9.17, 15) is 4.79 Å². The fourth-order valence-electron chi connectivity index (χ4n) is 4.17. The van der Waals surface area contributed by atoms with Crippen molar-refractivity contribution in [1.82, 2.24) is 9.88 Å². The molecule has 1 aliphatic carbocycles. The van der Waals surface area contributed by atoms with E-state index in [4.69, 9.17) is 9.47 Å². The molecule has 0 spiro atoms. The van der Waals surface area contributed by atoms with E-state index in [1.165, 1.54) is 5.57 Å². The van der Waals surface area contributed by atoms with Crippen molar-refractivity contribution in [3.63, 3.8) is 0 Å². The number of esters is 1. The molecule has 2 aromatic rings. The fourth-order valence-corrected chi connectivity index (χ4v) is 4.17. The van der Waals surface area contributed by atoms with Gasteiger partial charge in [-0.25, -0.2) is 4.79 Å². The lowest BCUT2D eigenvalue weighted by molar-refractivity contribution is -0.138. The van der Waals surface area contributed by atoms with Crippen LogP contribution in [0.2, 0.25) is 0 Å². The van der Waals surface area contributed by atoms with Gasteiger partial charge in [0.2, 0.25) is 0 Å². The second kappa shape index (κ2) is 12.3. The monoisotopic (exact) mass is 499 g/mol. The van der Waals surface area contributed by atoms with Gasteiger partial charge in [0.1, 0.15) is 17.2 Å². The van der Waals surface area contributed by atoms with Crippen LogP contribution < -0.4 is 10.6 Å². The molecular weight excluding hydrogens is 462 g/mol. The average molecular weight is 500 g/mol. The van der Waals surface area contributed by atoms with Crippen LogP contribution in [0.5, 0.6) is 0 Å². The van der Waals surface area contributed by atoms with Crippen LogP contribution in [-0.4, -0.2) is 24.3 Å². The van der Waals surface area contributed by atoms with E-state index < -0.39 is 0 Å². The molecule has 0 atom stereocenters. The normalized spacial score (nSPS) is 16.0. The molecule has 194 valence electrons. The number of anilines is 1. The molecule has 1 aromatic carbocycles. The number of benzene rings is 1. The van der Waals surface area contributed by atoms with Crippen molar-refractivity contribution in [1.29, 1.82) is 0 Å². The number of allylic oxidation sites excluding steroid dienone is 6. The van der Waals surface area contributed by atoms with Crippen molar-refractivity contribution in [2.24, 2.45) is 5.92 Å². The molecule has 2 aliphatic rings. The molecule has 0 bridgehead atoms. The Labute approximate surface area is 219 Å². The Morgan fingerprint density at radius 1 is 1.27 bits per heavy atom. The lowest BCUT2D eigenvalue weighted by Crippen LogP contribution is -2.20. The molecule has 1 fully saturated rings. The van der Waals surface area contributed by atoms with Gasteiger partial charge in [-0.05, 0) is 85.7 Å². The van der Waals surface area contributed by atoms with E-state index in [0.29, 0.717) is 29.7 Å². The highest BCUT2D eigenvalue weighted by Gasteiger charge is 2.27. The Morgan fingerprint density at radius 3 is 2.84 bits per heavy atom. The van der Waals surface area contributed by atoms with Gasteiger partial charge in [0.25, 0.3) is 0 Å². The zero-order valence-corrected chi connectivity index (χ0v) is 22.0. The van der Waals surface area contributed by atoms with Gasteiger partial charge in [0, 0.05) is 35.5 Å². The predicted octanol–water partition coefficient (Wildman–Crippen LogP) is 6.72. The number of nitrogens with one attached hydrogen (secondary N) is 2. The third-order valence-corrected chi connectivity index (χ3v) is 6.59. The van der Waals surface area contributed by atoms with Gasteiger partial charge in [-0.2, -0.15) is 0 Å². The minimum Gasteiger partial charge on any atom is -0.497 e. The molecule has 0 saturated heterocycles. The van der Waals surface area contributed by atoms with Gasteiger partial charge in [-0.15, -0.1) is 0 Å². The Hall–Kier alpha value is -3.93. The van der Waals surface area contributed by atoms with Crippen molar-refractivity contribution in [2.45, 2.75) is 46.1 Å². The molecule has 6 heteroatoms. The zero-order chi connectivity index (χ0) is 26.2. The first-order valence-corrected chi connectivity index (χ1v) is 13.0. The van der Waals surface area contributed by atoms with E-state index in [1.807, 2.05) is 37.4 Å². The number of ether oxygens (including phenoxy) is 2. The van der Waals surface area contributed by atoms with Crippen LogP contribution in [-0.2, 0) is 20.8 Å². The van der Waals surface area contributed by atoms with Gasteiger partial charge in [-0.1, -0.05) is 32.1 Å². The number of nitrogens with zero attached hydrogens (tertiary/aromatic N) is 1. The first-order chi connectivity index (χ1) is 18.0. The quantitative estimate of drug-likeness (QED) is 0.147. The van der Waals surface area contributed by atoms with Gasteiger partial charge in [0.05, 0.1) is 13.7 Å². The molecule has 0 amide bonds. The summed E-state index contributed by atoms with van der Waals surface area (Å²) in [4.78, 5) is 13.0. The smallest absolute Gasteiger partial charge is 0.341 e. The van der Waals surface area contributed by atoms with Crippen LogP contribution >= 0.6 is 0 Å². The van der Waals surface area contributed by atoms with Gasteiger partial charge in [0.15, 0.2) is 0 Å². The Kier molecular flexibility index (Phi) is 8.72. The van der Waals surface area contributed by atoms with Crippen LogP contribution in [0.25, 0.3) is 10.9 Å². The molecule has 0 unspecified atom stereocenters. The highest BCUT2D eigenvalue weighted by Crippen LogP contribution is 2.38. The minimum absolute atomic E-state index is 0.305. The summed E-state index contributed by atoms with van der Waals surface area (Å²) in [6, 6.07) is 8.33. The van der Waals surface area contributed by atoms with Crippen molar-refractivity contribution >= 4 is 22.6 Å². The number of hydrogen-bond acceptors (Lipinski definition) is 5. The summed E-state index contributed by atoms with van der Waals surface area (Å²) in [7, 11) is 1.62. The fraction of sp³-hybridized carbons (Fsp3) is 0.323. The lowest BCUT2D eigenvalue weighted by atomic mass is 10.1. The SMILES string of the molecule is C=C(/C=C\C(=C/C)Cn1ccc2cc(NC3=C(C(=O)OCCCC)C=C(C4CC4)C=CN3)ccc21)OC. The van der Waals surface area contributed by atoms with Crippen LogP contribution in [0.4, 0.5) is 5.69 Å². The number of unbranched alkanes of at least 4 members (excludes halogenated alkanes) is 1. The van der Waals surface area contributed by atoms with Crippen LogP contribution in [0.3, 0.4) is 0 Å². The topological polar surface area (TPSA) is 64.5 Å². The standard InChI is InChI=1S/C31H37N3O3/c1-5-7-18-37-31(35)28-20-25(24-10-11-24)14-16-32-30(28)33-27-12-13-29-26(19-27)15-17-34(29)21-23(6-2)9-8-22(3)36-4/h6,8-9,12-17,19-20,24,32-33H,3,5,7,10-11,18,21H2,1-2,4H3/b9-8-,23-6+. The van der Waals surface area contributed by atoms with Crippen molar-refractivity contribution < 1.29 is 14.3 Å². The molecular formula is C31H37N3O3. The third kappa shape index (κ3) is 6.85. The maximum atomic E-state index is 13.0. The summed E-state index contributed by atoms with van der Waals surface area (Å²) in [6.07, 6.45) is 18.2. The van der Waals surface area contributed by atoms with E-state index in [0.717, 1.165) is 54.4 Å². The van der Waals surface area contributed by atoms with E-state index in [1.54, 1.807) is 7.11 Å². The number of hydrogen-bond donors (Lipinski definition) is 2. The number of carbonyl (C=O) groups excluding carboxylic acids is 1. The number of carbonyl (C=O) groups is 1. The molecule has 1 aromatic heterocycles. The third-order valence-electron chi connectivity index (χ3n) is 6.59. The molecule has 2 N–H and O–H groups in total. The van der Waals surface area contributed by atoms with Gasteiger partial charge >= 0.3 is 5.97 Å². The molecule has 1 aliphatic heterocycles. The highest BCUT2D eigenvalue weighted by atomic mass is 16.5. The van der Waals surface area contributed by atoms with Crippen molar-refractivity contribution in [2.75, 3.05) is 19.0 Å². The Bertz CT molecular complexity index is 1300. The van der Waals surface area contributed by atoms with Gasteiger partial charge < -0.3 is 24.7 Å². The summed E-state index contributed by atoms with van der Waals surface area (Å²) in [5, 5.41) is 7.82. The first kappa shape index (κ1) is 26.1. The maximum Gasteiger partial charge on any atom is 0.341 e. The summed E-state index contributed by atoms with van der Waals surface area (Å²) < 4.78 is 12.9. The highest BCUT2D eigenvalue weighted by molar-refractivity contribution is 5.94. The summed E-state index contributed by atoms with van der Waals surface area (Å²) in [5.41, 5.74) is 4.87. The van der Waals surface area contributed by atoms with Gasteiger partial charge in [-0.3, -0.25) is 0 Å². The zero-order valence-electron chi connectivity index (χ0n) is 22.0. The predicted molar refractivity (Wildman–Crippen MR) is 151 cm³/mol. The summed E-state index contributed by atoms with van der Waals surface area (Å²) in [6.45, 7) is 9.12. The summed E-state index contributed by atoms with van der Waals surface area (Å²) >= 11 is 0. The van der Waals surface area contributed by atoms with Crippen molar-refractivity contribution in [3.05, 3.63) is 102 Å². The Morgan fingerprint density at radius 2 is 2.11 bits per heavy atom. The largest absolute Gasteiger partial charge is 0.497 e. The number of rotatable bonds is 12. The first-order valence-electron chi connectivity index (χ1n) is 13.0. The molecule has 2 heterocycles. The molecule has 4 rings (SSSR count). The molecule has 37 heavy (non-hydrogen) atoms. The van der Waals surface area contributed by atoms with E-state index in [2.05, 4.69) is 65.3 Å². The van der Waals surface area contributed by atoms with Crippen LogP contribution in [0.15, 0.2) is 102 Å². The van der Waals surface area contributed by atoms with Crippen LogP contribution in [0.1, 0.15) is 39.5 Å². The minimum atomic E-state index is -0.305. The summed E-state index contributed by atoms with van der Waals surface area (Å²) in [5.74, 6) is 1.47. The lowest BCUT2D eigenvalue weighted by Gasteiger charge is -2.15. The molecule has 6 nitrogen and oxygen atoms in total.